The highest BCUT2D eigenvalue weighted by Gasteiger charge is 2.37. The Kier molecular flexibility index (Phi) is 4.76. The lowest BCUT2D eigenvalue weighted by atomic mass is 9.79. The number of thiocarbonyl (C=S) groups is 1. The van der Waals surface area contributed by atoms with Gasteiger partial charge in [0.2, 0.25) is 0 Å². The molecule has 20 heavy (non-hydrogen) atoms. The van der Waals surface area contributed by atoms with Crippen LogP contribution in [0.2, 0.25) is 0 Å². The van der Waals surface area contributed by atoms with Gasteiger partial charge in [-0.05, 0) is 45.2 Å². The first-order valence-electron chi connectivity index (χ1n) is 7.45. The highest BCUT2D eigenvalue weighted by molar-refractivity contribution is 7.91. The predicted octanol–water partition coefficient (Wildman–Crippen LogP) is 1.73. The van der Waals surface area contributed by atoms with Crippen LogP contribution in [0.25, 0.3) is 0 Å². The van der Waals surface area contributed by atoms with Gasteiger partial charge in [-0.2, -0.15) is 0 Å². The molecule has 0 aromatic rings. The molecule has 1 saturated carbocycles. The van der Waals surface area contributed by atoms with E-state index in [1.165, 1.54) is 6.26 Å². The standard InChI is InChI=1S/C14H26N2O2S2/c1-14(13(15)19)6-8-16(9-7-14)11-4-3-5-12(10-11)20(2,17)18/h11-12H,3-10H2,1-2H3,(H2,15,19). The van der Waals surface area contributed by atoms with Gasteiger partial charge in [0.25, 0.3) is 0 Å². The molecule has 2 atom stereocenters. The average molecular weight is 319 g/mol. The molecule has 4 nitrogen and oxygen atoms in total. The zero-order chi connectivity index (χ0) is 15.0. The minimum atomic E-state index is -2.90. The third-order valence-electron chi connectivity index (χ3n) is 5.22. The van der Waals surface area contributed by atoms with Crippen LogP contribution in [0.3, 0.4) is 0 Å². The van der Waals surface area contributed by atoms with Crippen LogP contribution in [0, 0.1) is 5.41 Å². The van der Waals surface area contributed by atoms with Crippen LogP contribution < -0.4 is 5.73 Å². The molecule has 1 aliphatic heterocycles. The van der Waals surface area contributed by atoms with Gasteiger partial charge in [-0.15, -0.1) is 0 Å². The summed E-state index contributed by atoms with van der Waals surface area (Å²) >= 11 is 5.17. The third-order valence-corrected chi connectivity index (χ3v) is 7.35. The van der Waals surface area contributed by atoms with Gasteiger partial charge < -0.3 is 10.6 Å². The molecule has 2 rings (SSSR count). The molecule has 0 radical (unpaired) electrons. The first kappa shape index (κ1) is 16.2. The van der Waals surface area contributed by atoms with Crippen molar-refractivity contribution in [1.29, 1.82) is 0 Å². The van der Waals surface area contributed by atoms with Gasteiger partial charge in [-0.25, -0.2) is 8.42 Å². The lowest BCUT2D eigenvalue weighted by Gasteiger charge is -2.44. The van der Waals surface area contributed by atoms with E-state index in [1.54, 1.807) is 0 Å². The minimum absolute atomic E-state index is 0.0171. The number of nitrogens with zero attached hydrogens (tertiary/aromatic N) is 1. The van der Waals surface area contributed by atoms with Crippen LogP contribution in [-0.4, -0.2) is 48.9 Å². The smallest absolute Gasteiger partial charge is 0.150 e. The van der Waals surface area contributed by atoms with Crippen molar-refractivity contribution in [3.8, 4) is 0 Å². The molecule has 2 fully saturated rings. The topological polar surface area (TPSA) is 63.4 Å². The van der Waals surface area contributed by atoms with Gasteiger partial charge in [-0.3, -0.25) is 0 Å². The van der Waals surface area contributed by atoms with Crippen LogP contribution in [0.5, 0.6) is 0 Å². The van der Waals surface area contributed by atoms with E-state index in [1.807, 2.05) is 0 Å². The number of piperidine rings is 1. The molecular formula is C14H26N2O2S2. The molecule has 2 N–H and O–H groups in total. The van der Waals surface area contributed by atoms with Gasteiger partial charge >= 0.3 is 0 Å². The average Bonchev–Trinajstić information content (AvgIpc) is 2.38. The van der Waals surface area contributed by atoms with E-state index in [-0.39, 0.29) is 10.7 Å². The summed E-state index contributed by atoms with van der Waals surface area (Å²) in [6.07, 6.45) is 7.11. The van der Waals surface area contributed by atoms with Crippen molar-refractivity contribution < 1.29 is 8.42 Å². The fourth-order valence-electron chi connectivity index (χ4n) is 3.47. The maximum absolute atomic E-state index is 11.8. The van der Waals surface area contributed by atoms with E-state index in [0.717, 1.165) is 51.6 Å². The Morgan fingerprint density at radius 2 is 1.90 bits per heavy atom. The third kappa shape index (κ3) is 3.52. The Morgan fingerprint density at radius 3 is 2.40 bits per heavy atom. The van der Waals surface area contributed by atoms with Crippen LogP contribution in [0.4, 0.5) is 0 Å². The SMILES string of the molecule is CC1(C(N)=S)CCN(C2CCCC(S(C)(=O)=O)C2)CC1. The number of nitrogens with two attached hydrogens (primary N) is 1. The van der Waals surface area contributed by atoms with Crippen molar-refractivity contribution in [2.24, 2.45) is 11.1 Å². The van der Waals surface area contributed by atoms with E-state index in [2.05, 4.69) is 11.8 Å². The summed E-state index contributed by atoms with van der Waals surface area (Å²) in [5, 5.41) is -0.148. The van der Waals surface area contributed by atoms with Crippen molar-refractivity contribution in [2.75, 3.05) is 19.3 Å². The lowest BCUT2D eigenvalue weighted by Crippen LogP contribution is -2.50. The first-order valence-corrected chi connectivity index (χ1v) is 9.81. The van der Waals surface area contributed by atoms with Crippen LogP contribution in [0.15, 0.2) is 0 Å². The second-order valence-electron chi connectivity index (χ2n) is 6.73. The number of hydrogen-bond acceptors (Lipinski definition) is 4. The van der Waals surface area contributed by atoms with Crippen molar-refractivity contribution in [2.45, 2.75) is 56.7 Å². The number of likely N-dealkylation sites (tertiary alicyclic amines) is 1. The molecule has 0 aromatic heterocycles. The van der Waals surface area contributed by atoms with Gasteiger partial charge in [0.1, 0.15) is 9.84 Å². The zero-order valence-electron chi connectivity index (χ0n) is 12.5. The molecule has 1 heterocycles. The van der Waals surface area contributed by atoms with Crippen molar-refractivity contribution in [1.82, 2.24) is 4.90 Å². The molecule has 0 spiro atoms. The maximum atomic E-state index is 11.8. The highest BCUT2D eigenvalue weighted by atomic mass is 32.2. The largest absolute Gasteiger partial charge is 0.393 e. The van der Waals surface area contributed by atoms with Crippen molar-refractivity contribution >= 4 is 27.0 Å². The Balaban J connectivity index is 1.95. The Labute approximate surface area is 128 Å². The van der Waals surface area contributed by atoms with Gasteiger partial charge in [-0.1, -0.05) is 25.6 Å². The predicted molar refractivity (Wildman–Crippen MR) is 86.6 cm³/mol. The second-order valence-corrected chi connectivity index (χ2v) is 9.50. The molecule has 1 saturated heterocycles. The van der Waals surface area contributed by atoms with Crippen LogP contribution in [-0.2, 0) is 9.84 Å². The first-order chi connectivity index (χ1) is 9.22. The summed E-state index contributed by atoms with van der Waals surface area (Å²) in [6, 6.07) is 0.416. The molecular weight excluding hydrogens is 292 g/mol. The summed E-state index contributed by atoms with van der Waals surface area (Å²) in [4.78, 5) is 3.08. The van der Waals surface area contributed by atoms with Gasteiger partial charge in [0, 0.05) is 17.7 Å². The van der Waals surface area contributed by atoms with Crippen molar-refractivity contribution in [3.63, 3.8) is 0 Å². The summed E-state index contributed by atoms with van der Waals surface area (Å²) in [5.74, 6) is 0. The summed E-state index contributed by atoms with van der Waals surface area (Å²) in [6.45, 7) is 4.11. The zero-order valence-corrected chi connectivity index (χ0v) is 14.1. The summed E-state index contributed by atoms with van der Waals surface area (Å²) in [7, 11) is -2.90. The Morgan fingerprint density at radius 1 is 1.30 bits per heavy atom. The summed E-state index contributed by atoms with van der Waals surface area (Å²) < 4.78 is 23.5. The monoisotopic (exact) mass is 318 g/mol. The second kappa shape index (κ2) is 5.89. The molecule has 1 aliphatic carbocycles. The number of sulfone groups is 1. The minimum Gasteiger partial charge on any atom is -0.393 e. The Bertz CT molecular complexity index is 468. The van der Waals surface area contributed by atoms with Crippen molar-refractivity contribution in [3.05, 3.63) is 0 Å². The molecule has 2 aliphatic rings. The number of rotatable bonds is 3. The lowest BCUT2D eigenvalue weighted by molar-refractivity contribution is 0.0959. The van der Waals surface area contributed by atoms with E-state index >= 15 is 0 Å². The molecule has 0 amide bonds. The van der Waals surface area contributed by atoms with Gasteiger partial charge in [0.15, 0.2) is 0 Å². The van der Waals surface area contributed by atoms with Crippen LogP contribution in [0.1, 0.15) is 45.4 Å². The van der Waals surface area contributed by atoms with Gasteiger partial charge in [0.05, 0.1) is 10.2 Å². The number of hydrogen-bond donors (Lipinski definition) is 1. The Hall–Kier alpha value is -0.200. The maximum Gasteiger partial charge on any atom is 0.150 e. The summed E-state index contributed by atoms with van der Waals surface area (Å²) in [5.41, 5.74) is 5.82. The molecule has 116 valence electrons. The molecule has 2 unspecified atom stereocenters. The van der Waals surface area contributed by atoms with E-state index < -0.39 is 9.84 Å². The molecule has 6 heteroatoms. The fraction of sp³-hybridized carbons (Fsp3) is 0.929. The molecule has 0 aromatic carbocycles. The van der Waals surface area contributed by atoms with E-state index in [0.29, 0.717) is 11.0 Å². The van der Waals surface area contributed by atoms with Crippen LogP contribution >= 0.6 is 12.2 Å². The molecule has 0 bridgehead atoms. The van der Waals surface area contributed by atoms with E-state index in [4.69, 9.17) is 18.0 Å². The highest BCUT2D eigenvalue weighted by Crippen LogP contribution is 2.35. The fourth-order valence-corrected chi connectivity index (χ4v) is 4.84. The van der Waals surface area contributed by atoms with E-state index in [9.17, 15) is 8.42 Å². The quantitative estimate of drug-likeness (QED) is 0.803. The normalized spacial score (nSPS) is 31.9.